The Kier molecular flexibility index (Phi) is 12.2. The second-order valence-corrected chi connectivity index (χ2v) is 12.3. The van der Waals surface area contributed by atoms with E-state index in [1.807, 2.05) is 6.07 Å². The molecule has 1 N–H and O–H groups in total. The van der Waals surface area contributed by atoms with Crippen molar-refractivity contribution in [2.24, 2.45) is 0 Å². The molecule has 0 bridgehead atoms. The number of nitrogens with zero attached hydrogens (tertiary/aromatic N) is 3. The van der Waals surface area contributed by atoms with Crippen LogP contribution >= 0.6 is 23.5 Å². The summed E-state index contributed by atoms with van der Waals surface area (Å²) in [6, 6.07) is 20.2. The third kappa shape index (κ3) is 10.2. The highest BCUT2D eigenvalue weighted by molar-refractivity contribution is 8.14. The Morgan fingerprint density at radius 3 is 2.00 bits per heavy atom. The fraction of sp³-hybridized carbons (Fsp3) is 0.300. The number of non-ortho nitro benzene ring substituents is 2. The van der Waals surface area contributed by atoms with E-state index < -0.39 is 22.0 Å². The Hall–Kier alpha value is -4.63. The van der Waals surface area contributed by atoms with Crippen LogP contribution in [-0.4, -0.2) is 67.9 Å². The number of alkyl carbamates (subject to hydrolysis) is 1. The first kappa shape index (κ1) is 33.3. The van der Waals surface area contributed by atoms with Crippen molar-refractivity contribution in [2.45, 2.75) is 30.9 Å². The van der Waals surface area contributed by atoms with Crippen LogP contribution in [0.3, 0.4) is 0 Å². The Morgan fingerprint density at radius 1 is 0.844 bits per heavy atom. The van der Waals surface area contributed by atoms with E-state index in [9.17, 15) is 34.6 Å². The van der Waals surface area contributed by atoms with E-state index in [-0.39, 0.29) is 41.0 Å². The number of hydrogen-bond donors (Lipinski definition) is 1. The topological polar surface area (TPSA) is 171 Å². The zero-order chi connectivity index (χ0) is 32.2. The van der Waals surface area contributed by atoms with Crippen LogP contribution in [0.1, 0.15) is 27.9 Å². The van der Waals surface area contributed by atoms with Gasteiger partial charge in [-0.05, 0) is 41.8 Å². The average Bonchev–Trinajstić information content (AvgIpc) is 3.45. The number of nitrogens with one attached hydrogen (secondary N) is 1. The van der Waals surface area contributed by atoms with E-state index in [2.05, 4.69) is 5.32 Å². The molecule has 0 aliphatic carbocycles. The van der Waals surface area contributed by atoms with Gasteiger partial charge in [-0.25, -0.2) is 9.59 Å². The lowest BCUT2D eigenvalue weighted by atomic mass is 10.2. The molecular formula is C30H30N4O9S2. The first-order valence-electron chi connectivity index (χ1n) is 13.8. The number of nitro benzene ring substituents is 2. The van der Waals surface area contributed by atoms with Crippen molar-refractivity contribution in [3.63, 3.8) is 0 Å². The maximum Gasteiger partial charge on any atom is 0.410 e. The molecule has 1 heterocycles. The highest BCUT2D eigenvalue weighted by Crippen LogP contribution is 2.32. The van der Waals surface area contributed by atoms with Crippen molar-refractivity contribution >= 4 is 52.2 Å². The number of rotatable bonds is 13. The molecule has 0 aromatic heterocycles. The standard InChI is InChI=1S/C30H30N4O9S2/c35-28(23-4-2-1-3-5-23)45-27-16-26(32(17-27)30(37)43-19-22-8-12-25(13-9-22)34(40)41)20-44-15-14-31-29(36)42-18-21-6-10-24(11-7-21)33(38)39/h1-13,26-27H,14-20H2,(H,31,36)/t26-,27-/m0/s1. The first-order chi connectivity index (χ1) is 21.7. The van der Waals surface area contributed by atoms with Crippen LogP contribution in [0.25, 0.3) is 0 Å². The van der Waals surface area contributed by atoms with Crippen LogP contribution in [-0.2, 0) is 22.7 Å². The Morgan fingerprint density at radius 2 is 1.42 bits per heavy atom. The first-order valence-corrected chi connectivity index (χ1v) is 15.9. The summed E-state index contributed by atoms with van der Waals surface area (Å²) in [4.78, 5) is 60.2. The molecule has 0 spiro atoms. The van der Waals surface area contributed by atoms with Crippen molar-refractivity contribution < 1.29 is 33.7 Å². The molecule has 1 aliphatic rings. The van der Waals surface area contributed by atoms with Gasteiger partial charge in [-0.3, -0.25) is 25.0 Å². The molecule has 2 atom stereocenters. The number of carbonyl (C=O) groups excluding carboxylic acids is 3. The molecule has 0 radical (unpaired) electrons. The minimum atomic E-state index is -0.623. The fourth-order valence-electron chi connectivity index (χ4n) is 4.43. The van der Waals surface area contributed by atoms with Gasteiger partial charge in [0, 0.05) is 65.7 Å². The van der Waals surface area contributed by atoms with E-state index in [4.69, 9.17) is 9.47 Å². The Bertz CT molecular complexity index is 1490. The fourth-order valence-corrected chi connectivity index (χ4v) is 6.56. The molecule has 15 heteroatoms. The van der Waals surface area contributed by atoms with Gasteiger partial charge in [0.05, 0.1) is 9.85 Å². The molecule has 13 nitrogen and oxygen atoms in total. The van der Waals surface area contributed by atoms with Crippen molar-refractivity contribution in [2.75, 3.05) is 24.6 Å². The van der Waals surface area contributed by atoms with Gasteiger partial charge < -0.3 is 19.7 Å². The van der Waals surface area contributed by atoms with Crippen molar-refractivity contribution in [3.05, 3.63) is 116 Å². The Labute approximate surface area is 266 Å². The summed E-state index contributed by atoms with van der Waals surface area (Å²) in [5.41, 5.74) is 1.70. The summed E-state index contributed by atoms with van der Waals surface area (Å²) in [6.07, 6.45) is -0.586. The molecular weight excluding hydrogens is 624 g/mol. The lowest BCUT2D eigenvalue weighted by Gasteiger charge is -2.23. The molecule has 0 unspecified atom stereocenters. The smallest absolute Gasteiger partial charge is 0.410 e. The summed E-state index contributed by atoms with van der Waals surface area (Å²) in [6.45, 7) is 0.545. The largest absolute Gasteiger partial charge is 0.445 e. The third-order valence-corrected chi connectivity index (χ3v) is 8.98. The highest BCUT2D eigenvalue weighted by Gasteiger charge is 2.37. The second kappa shape index (κ2) is 16.4. The molecule has 1 aliphatic heterocycles. The van der Waals surface area contributed by atoms with Gasteiger partial charge in [-0.2, -0.15) is 11.8 Å². The van der Waals surface area contributed by atoms with Crippen LogP contribution in [0.5, 0.6) is 0 Å². The number of carbonyl (C=O) groups is 3. The lowest BCUT2D eigenvalue weighted by molar-refractivity contribution is -0.385. The van der Waals surface area contributed by atoms with Gasteiger partial charge in [-0.1, -0.05) is 42.1 Å². The zero-order valence-corrected chi connectivity index (χ0v) is 25.6. The molecule has 4 rings (SSSR count). The number of hydrogen-bond acceptors (Lipinski definition) is 11. The quantitative estimate of drug-likeness (QED) is 0.134. The number of ether oxygens (including phenoxy) is 2. The summed E-state index contributed by atoms with van der Waals surface area (Å²) < 4.78 is 10.7. The molecule has 3 aromatic carbocycles. The third-order valence-electron chi connectivity index (χ3n) is 6.75. The van der Waals surface area contributed by atoms with Gasteiger partial charge in [0.1, 0.15) is 13.2 Å². The van der Waals surface area contributed by atoms with Gasteiger partial charge in [0.25, 0.3) is 11.4 Å². The predicted molar refractivity (Wildman–Crippen MR) is 169 cm³/mol. The molecule has 1 fully saturated rings. The van der Waals surface area contributed by atoms with Gasteiger partial charge in [0.15, 0.2) is 0 Å². The minimum absolute atomic E-state index is 0.0310. The summed E-state index contributed by atoms with van der Waals surface area (Å²) in [5, 5.41) is 24.1. The number of likely N-dealkylation sites (tertiary alicyclic amines) is 1. The van der Waals surface area contributed by atoms with Crippen LogP contribution in [0, 0.1) is 20.2 Å². The van der Waals surface area contributed by atoms with Gasteiger partial charge >= 0.3 is 12.2 Å². The van der Waals surface area contributed by atoms with Crippen molar-refractivity contribution in [3.8, 4) is 0 Å². The summed E-state index contributed by atoms with van der Waals surface area (Å²) in [5.74, 6) is 1.08. The monoisotopic (exact) mass is 654 g/mol. The Balaban J connectivity index is 1.25. The molecule has 3 aromatic rings. The van der Waals surface area contributed by atoms with E-state index >= 15 is 0 Å². The SMILES string of the molecule is O=C(NCCSC[C@@H]1C[C@H](SC(=O)c2ccccc2)CN1C(=O)OCc1ccc([N+](=O)[O-])cc1)OCc1ccc([N+](=O)[O-])cc1. The van der Waals surface area contributed by atoms with E-state index in [1.54, 1.807) is 29.2 Å². The predicted octanol–water partition coefficient (Wildman–Crippen LogP) is 5.82. The van der Waals surface area contributed by atoms with Crippen LogP contribution < -0.4 is 5.32 Å². The molecule has 1 saturated heterocycles. The lowest BCUT2D eigenvalue weighted by Crippen LogP contribution is -2.38. The number of nitro groups is 2. The normalized spacial score (nSPS) is 15.7. The molecule has 0 saturated carbocycles. The highest BCUT2D eigenvalue weighted by atomic mass is 32.2. The molecule has 236 valence electrons. The van der Waals surface area contributed by atoms with E-state index in [0.29, 0.717) is 47.7 Å². The molecule has 2 amide bonds. The number of benzene rings is 3. The maximum absolute atomic E-state index is 13.1. The summed E-state index contributed by atoms with van der Waals surface area (Å²) in [7, 11) is 0. The minimum Gasteiger partial charge on any atom is -0.445 e. The van der Waals surface area contributed by atoms with Gasteiger partial charge in [0.2, 0.25) is 5.12 Å². The molecule has 45 heavy (non-hydrogen) atoms. The van der Waals surface area contributed by atoms with Crippen molar-refractivity contribution in [1.82, 2.24) is 10.2 Å². The van der Waals surface area contributed by atoms with Crippen LogP contribution in [0.4, 0.5) is 21.0 Å². The average molecular weight is 655 g/mol. The zero-order valence-electron chi connectivity index (χ0n) is 23.9. The second-order valence-electron chi connectivity index (χ2n) is 9.91. The van der Waals surface area contributed by atoms with Crippen molar-refractivity contribution in [1.29, 1.82) is 0 Å². The van der Waals surface area contributed by atoms with Gasteiger partial charge in [-0.15, -0.1) is 0 Å². The number of thioether (sulfide) groups is 2. The maximum atomic E-state index is 13.1. The van der Waals surface area contributed by atoms with E-state index in [1.165, 1.54) is 72.1 Å². The van der Waals surface area contributed by atoms with E-state index in [0.717, 1.165) is 0 Å². The number of amides is 2. The van der Waals surface area contributed by atoms with Crippen LogP contribution in [0.2, 0.25) is 0 Å². The summed E-state index contributed by atoms with van der Waals surface area (Å²) >= 11 is 2.72. The van der Waals surface area contributed by atoms with Crippen LogP contribution in [0.15, 0.2) is 78.9 Å².